The summed E-state index contributed by atoms with van der Waals surface area (Å²) in [6.07, 6.45) is -4.94. The number of amides is 1. The maximum absolute atomic E-state index is 11.7. The average molecular weight is 609 g/mol. The van der Waals surface area contributed by atoms with Gasteiger partial charge in [0.05, 0.1) is 10.2 Å². The Balaban J connectivity index is 2.05. The van der Waals surface area contributed by atoms with Crippen LogP contribution in [-0.2, 0) is 31.6 Å². The third-order valence-corrected chi connectivity index (χ3v) is 7.93. The Bertz CT molecular complexity index is 948. The molecule has 1 saturated heterocycles. The second-order valence-electron chi connectivity index (χ2n) is 5.60. The van der Waals surface area contributed by atoms with Gasteiger partial charge in [-0.15, -0.1) is 0 Å². The molecule has 0 bridgehead atoms. The quantitative estimate of drug-likeness (QED) is 0.125. The van der Waals surface area contributed by atoms with Crippen molar-refractivity contribution in [2.45, 2.75) is 24.5 Å². The third-order valence-electron chi connectivity index (χ3n) is 3.34. The molecule has 0 spiro atoms. The van der Waals surface area contributed by atoms with Crippen molar-refractivity contribution in [2.75, 3.05) is 6.61 Å². The molecule has 1 fully saturated rings. The number of primary amides is 1. The zero-order chi connectivity index (χ0) is 23.1. The fourth-order valence-electron chi connectivity index (χ4n) is 2.22. The van der Waals surface area contributed by atoms with Gasteiger partial charge in [-0.3, -0.25) is 9.32 Å². The van der Waals surface area contributed by atoms with Crippen LogP contribution in [-0.4, -0.2) is 70.4 Å². The molecular formula is C9H15IN3O14P3. The van der Waals surface area contributed by atoms with Gasteiger partial charge < -0.3 is 40.3 Å². The van der Waals surface area contributed by atoms with Gasteiger partial charge in [0.2, 0.25) is 0 Å². The van der Waals surface area contributed by atoms with E-state index in [0.29, 0.717) is 3.57 Å². The molecule has 2 rings (SSSR count). The van der Waals surface area contributed by atoms with E-state index in [1.807, 2.05) is 0 Å². The summed E-state index contributed by atoms with van der Waals surface area (Å²) in [7, 11) is -16.7. The summed E-state index contributed by atoms with van der Waals surface area (Å²) in [4.78, 5) is 46.7. The Labute approximate surface area is 180 Å². The highest BCUT2D eigenvalue weighted by atomic mass is 127. The van der Waals surface area contributed by atoms with Crippen molar-refractivity contribution in [1.82, 2.24) is 9.78 Å². The number of ether oxygens (including phenoxy) is 1. The lowest BCUT2D eigenvalue weighted by Crippen LogP contribution is -2.33. The van der Waals surface area contributed by atoms with Crippen LogP contribution in [0, 0.1) is 3.57 Å². The molecule has 8 N–H and O–H groups in total. The Morgan fingerprint density at radius 3 is 2.27 bits per heavy atom. The summed E-state index contributed by atoms with van der Waals surface area (Å²) in [5.41, 5.74) is 4.99. The van der Waals surface area contributed by atoms with E-state index in [9.17, 15) is 33.6 Å². The first kappa shape index (κ1) is 26.0. The standard InChI is InChI=1S/C9H15IN3O14P3/c10-3-1-13(12-5(3)8(11)16)9-7(15)6(14)4(25-9)2-24-29(20,21)27-30(22,23)26-28(17,18)19/h1,4,6-7,9,14-15H,2H2,(H2,11,16)(H,20,21)(H,22,23)(H2,17,18,19)/t4-,6-,7-,9-/m1/s1. The molecule has 0 aromatic carbocycles. The van der Waals surface area contributed by atoms with Crippen molar-refractivity contribution in [3.8, 4) is 0 Å². The number of carbonyl (C=O) groups is 1. The topological polar surface area (TPSA) is 270 Å². The molecule has 2 unspecified atom stereocenters. The monoisotopic (exact) mass is 609 g/mol. The van der Waals surface area contributed by atoms with Crippen molar-refractivity contribution in [3.05, 3.63) is 15.5 Å². The van der Waals surface area contributed by atoms with Crippen molar-refractivity contribution in [3.63, 3.8) is 0 Å². The number of halogens is 1. The summed E-state index contributed by atoms with van der Waals surface area (Å²) in [6.45, 7) is -0.987. The first-order valence-electron chi connectivity index (χ1n) is 7.36. The smallest absolute Gasteiger partial charge is 0.387 e. The minimum atomic E-state index is -5.71. The Morgan fingerprint density at radius 1 is 1.17 bits per heavy atom. The van der Waals surface area contributed by atoms with Crippen LogP contribution in [0.4, 0.5) is 0 Å². The summed E-state index contributed by atoms with van der Waals surface area (Å²) in [5.74, 6) is -0.865. The first-order chi connectivity index (χ1) is 13.5. The summed E-state index contributed by atoms with van der Waals surface area (Å²) in [6, 6.07) is 0. The average Bonchev–Trinajstić information content (AvgIpc) is 3.04. The highest BCUT2D eigenvalue weighted by Gasteiger charge is 2.47. The van der Waals surface area contributed by atoms with Crippen molar-refractivity contribution < 1.29 is 66.2 Å². The molecule has 1 aromatic rings. The van der Waals surface area contributed by atoms with E-state index in [0.717, 1.165) is 4.68 Å². The number of phosphoric acid groups is 3. The number of nitrogens with zero attached hydrogens (tertiary/aromatic N) is 2. The molecule has 0 aliphatic carbocycles. The Morgan fingerprint density at radius 2 is 1.77 bits per heavy atom. The number of aliphatic hydroxyl groups is 2. The minimum Gasteiger partial charge on any atom is -0.387 e. The predicted molar refractivity (Wildman–Crippen MR) is 99.2 cm³/mol. The number of carbonyl (C=O) groups excluding carboxylic acids is 1. The van der Waals surface area contributed by atoms with E-state index in [4.69, 9.17) is 25.2 Å². The van der Waals surface area contributed by atoms with Gasteiger partial charge >= 0.3 is 23.5 Å². The second-order valence-corrected chi connectivity index (χ2v) is 11.2. The first-order valence-corrected chi connectivity index (χ1v) is 13.0. The van der Waals surface area contributed by atoms with Crippen LogP contribution < -0.4 is 5.73 Å². The fourth-order valence-corrected chi connectivity index (χ4v) is 5.91. The SMILES string of the molecule is NC(=O)c1nn([C@@H]2O[C@H](COP(=O)(O)OP(=O)(O)OP(=O)(O)O)[C@@H](O)[C@H]2O)cc1I. The van der Waals surface area contributed by atoms with E-state index in [1.165, 1.54) is 6.20 Å². The molecule has 1 aliphatic rings. The molecule has 21 heteroatoms. The van der Waals surface area contributed by atoms with Gasteiger partial charge in [-0.1, -0.05) is 0 Å². The normalized spacial score (nSPS) is 28.8. The predicted octanol–water partition coefficient (Wildman–Crippen LogP) is -1.45. The van der Waals surface area contributed by atoms with Gasteiger partial charge in [0.25, 0.3) is 5.91 Å². The van der Waals surface area contributed by atoms with Gasteiger partial charge in [-0.05, 0) is 22.6 Å². The Hall–Kier alpha value is -0.300. The van der Waals surface area contributed by atoms with Crippen LogP contribution in [0.25, 0.3) is 0 Å². The zero-order valence-electron chi connectivity index (χ0n) is 14.2. The van der Waals surface area contributed by atoms with Gasteiger partial charge in [-0.25, -0.2) is 18.4 Å². The largest absolute Gasteiger partial charge is 0.490 e. The molecule has 1 aliphatic heterocycles. The van der Waals surface area contributed by atoms with Gasteiger partial charge in [0.15, 0.2) is 11.9 Å². The Kier molecular flexibility index (Phi) is 8.03. The van der Waals surface area contributed by atoms with Crippen LogP contribution in [0.3, 0.4) is 0 Å². The second kappa shape index (κ2) is 9.29. The van der Waals surface area contributed by atoms with Crippen LogP contribution in [0.1, 0.15) is 16.7 Å². The molecule has 30 heavy (non-hydrogen) atoms. The van der Waals surface area contributed by atoms with Crippen molar-refractivity contribution in [1.29, 1.82) is 0 Å². The lowest BCUT2D eigenvalue weighted by molar-refractivity contribution is -0.0579. The van der Waals surface area contributed by atoms with Gasteiger partial charge in [0.1, 0.15) is 18.3 Å². The molecule has 1 aromatic heterocycles. The maximum Gasteiger partial charge on any atom is 0.490 e. The summed E-state index contributed by atoms with van der Waals surface area (Å²) < 4.78 is 51.5. The van der Waals surface area contributed by atoms with E-state index < -0.39 is 60.5 Å². The number of phosphoric ester groups is 1. The summed E-state index contributed by atoms with van der Waals surface area (Å²) >= 11 is 1.74. The molecule has 6 atom stereocenters. The molecule has 0 saturated carbocycles. The number of rotatable bonds is 9. The van der Waals surface area contributed by atoms with Crippen LogP contribution in [0.5, 0.6) is 0 Å². The highest BCUT2D eigenvalue weighted by molar-refractivity contribution is 14.1. The lowest BCUT2D eigenvalue weighted by atomic mass is 10.1. The molecule has 17 nitrogen and oxygen atoms in total. The molecule has 2 heterocycles. The van der Waals surface area contributed by atoms with E-state index >= 15 is 0 Å². The minimum absolute atomic E-state index is 0.141. The van der Waals surface area contributed by atoms with Gasteiger partial charge in [-0.2, -0.15) is 13.7 Å². The molecule has 0 radical (unpaired) electrons. The van der Waals surface area contributed by atoms with Crippen LogP contribution in [0.15, 0.2) is 6.20 Å². The van der Waals surface area contributed by atoms with Crippen LogP contribution in [0.2, 0.25) is 0 Å². The van der Waals surface area contributed by atoms with E-state index in [1.54, 1.807) is 22.6 Å². The number of nitrogens with two attached hydrogens (primary N) is 1. The highest BCUT2D eigenvalue weighted by Crippen LogP contribution is 2.66. The lowest BCUT2D eigenvalue weighted by Gasteiger charge is -2.19. The van der Waals surface area contributed by atoms with E-state index in [2.05, 4.69) is 18.2 Å². The number of aliphatic hydroxyl groups excluding tert-OH is 2. The number of aromatic nitrogens is 2. The number of hydrogen-bond acceptors (Lipinski definition) is 11. The third kappa shape index (κ3) is 6.85. The molecule has 1 amide bonds. The molecule has 172 valence electrons. The van der Waals surface area contributed by atoms with Crippen molar-refractivity contribution in [2.24, 2.45) is 5.73 Å². The number of hydrogen-bond donors (Lipinski definition) is 7. The van der Waals surface area contributed by atoms with Crippen molar-refractivity contribution >= 4 is 52.0 Å². The van der Waals surface area contributed by atoms with E-state index in [-0.39, 0.29) is 5.69 Å². The molecular weight excluding hydrogens is 594 g/mol. The zero-order valence-corrected chi connectivity index (χ0v) is 19.1. The summed E-state index contributed by atoms with van der Waals surface area (Å²) in [5, 5.41) is 23.9. The fraction of sp³-hybridized carbons (Fsp3) is 0.556. The maximum atomic E-state index is 11.7. The van der Waals surface area contributed by atoms with Gasteiger partial charge in [0, 0.05) is 6.20 Å². The van der Waals surface area contributed by atoms with Crippen LogP contribution >= 0.6 is 46.1 Å².